The minimum atomic E-state index is 0.345. The summed E-state index contributed by atoms with van der Waals surface area (Å²) < 4.78 is 5.92. The number of fused-ring (bicyclic) bond motifs is 1. The van der Waals surface area contributed by atoms with Crippen molar-refractivity contribution in [2.45, 2.75) is 18.8 Å². The number of hydrogen-bond donors (Lipinski definition) is 1. The van der Waals surface area contributed by atoms with Gasteiger partial charge in [0.15, 0.2) is 16.6 Å². The molecule has 0 atom stereocenters. The van der Waals surface area contributed by atoms with Crippen LogP contribution in [-0.2, 0) is 0 Å². The molecule has 4 rings (SSSR count). The van der Waals surface area contributed by atoms with Crippen LogP contribution in [0.2, 0.25) is 5.02 Å². The van der Waals surface area contributed by atoms with E-state index in [1.807, 2.05) is 48.5 Å². The Morgan fingerprint density at radius 3 is 2.72 bits per heavy atom. The smallest absolute Gasteiger partial charge is 0.198 e. The number of halogens is 1. The minimum absolute atomic E-state index is 0.345. The van der Waals surface area contributed by atoms with Gasteiger partial charge in [-0.05, 0) is 55.4 Å². The lowest BCUT2D eigenvalue weighted by Crippen LogP contribution is -2.40. The van der Waals surface area contributed by atoms with Crippen LogP contribution >= 0.6 is 23.8 Å². The third kappa shape index (κ3) is 3.62. The first-order chi connectivity index (χ1) is 12.2. The molecule has 0 radical (unpaired) electrons. The van der Waals surface area contributed by atoms with Crippen LogP contribution in [0, 0.1) is 0 Å². The van der Waals surface area contributed by atoms with Gasteiger partial charge in [-0.15, -0.1) is 0 Å². The molecule has 25 heavy (non-hydrogen) atoms. The molecule has 1 aliphatic rings. The van der Waals surface area contributed by atoms with Crippen LogP contribution in [0.3, 0.4) is 0 Å². The van der Waals surface area contributed by atoms with Gasteiger partial charge >= 0.3 is 0 Å². The lowest BCUT2D eigenvalue weighted by Gasteiger charge is -2.32. The van der Waals surface area contributed by atoms with Crippen molar-refractivity contribution in [1.82, 2.24) is 9.88 Å². The maximum Gasteiger partial charge on any atom is 0.198 e. The quantitative estimate of drug-likeness (QED) is 0.638. The summed E-state index contributed by atoms with van der Waals surface area (Å²) >= 11 is 11.6. The van der Waals surface area contributed by atoms with Crippen LogP contribution < -0.4 is 5.32 Å². The van der Waals surface area contributed by atoms with Gasteiger partial charge in [-0.1, -0.05) is 29.8 Å². The van der Waals surface area contributed by atoms with E-state index in [9.17, 15) is 0 Å². The first-order valence-electron chi connectivity index (χ1n) is 8.36. The highest BCUT2D eigenvalue weighted by molar-refractivity contribution is 7.80. The van der Waals surface area contributed by atoms with Crippen molar-refractivity contribution >= 4 is 45.7 Å². The second-order valence-electron chi connectivity index (χ2n) is 6.22. The van der Waals surface area contributed by atoms with Crippen LogP contribution in [0.5, 0.6) is 0 Å². The maximum absolute atomic E-state index is 6.02. The fourth-order valence-electron chi connectivity index (χ4n) is 3.16. The van der Waals surface area contributed by atoms with Crippen molar-refractivity contribution in [3.05, 3.63) is 59.4 Å². The summed E-state index contributed by atoms with van der Waals surface area (Å²) in [5, 5.41) is 4.69. The molecule has 0 bridgehead atoms. The van der Waals surface area contributed by atoms with Gasteiger partial charge in [-0.3, -0.25) is 0 Å². The van der Waals surface area contributed by atoms with E-state index in [-0.39, 0.29) is 0 Å². The summed E-state index contributed by atoms with van der Waals surface area (Å²) in [4.78, 5) is 6.83. The van der Waals surface area contributed by atoms with E-state index < -0.39 is 0 Å². The van der Waals surface area contributed by atoms with Crippen LogP contribution in [0.4, 0.5) is 5.69 Å². The van der Waals surface area contributed by atoms with Gasteiger partial charge in [0, 0.05) is 29.7 Å². The average Bonchev–Trinajstić information content (AvgIpc) is 3.06. The van der Waals surface area contributed by atoms with Gasteiger partial charge in [0.1, 0.15) is 5.52 Å². The molecule has 6 heteroatoms. The van der Waals surface area contributed by atoms with E-state index in [0.717, 1.165) is 53.7 Å². The van der Waals surface area contributed by atoms with Crippen LogP contribution in [0.15, 0.2) is 52.9 Å². The third-order valence-corrected chi connectivity index (χ3v) is 5.11. The van der Waals surface area contributed by atoms with E-state index >= 15 is 0 Å². The Kier molecular flexibility index (Phi) is 4.59. The highest BCUT2D eigenvalue weighted by atomic mass is 35.5. The van der Waals surface area contributed by atoms with E-state index in [1.165, 1.54) is 0 Å². The van der Waals surface area contributed by atoms with Gasteiger partial charge in [0.05, 0.1) is 0 Å². The van der Waals surface area contributed by atoms with Crippen molar-refractivity contribution < 1.29 is 4.42 Å². The Labute approximate surface area is 156 Å². The standard InChI is InChI=1S/C19H18ClN3OS/c20-14-4-3-5-15(12-14)21-19(25)23-10-8-13(9-11-23)18-22-16-6-1-2-7-17(16)24-18/h1-7,12-13H,8-11H2,(H,21,25). The first-order valence-corrected chi connectivity index (χ1v) is 9.14. The Bertz CT molecular complexity index is 869. The molecule has 1 N–H and O–H groups in total. The molecule has 0 amide bonds. The highest BCUT2D eigenvalue weighted by Crippen LogP contribution is 2.30. The molecule has 2 aromatic carbocycles. The number of benzene rings is 2. The summed E-state index contributed by atoms with van der Waals surface area (Å²) in [6.07, 6.45) is 1.95. The fraction of sp³-hybridized carbons (Fsp3) is 0.263. The average molecular weight is 372 g/mol. The molecular weight excluding hydrogens is 354 g/mol. The van der Waals surface area contributed by atoms with E-state index in [0.29, 0.717) is 10.9 Å². The Hall–Kier alpha value is -2.11. The fourth-order valence-corrected chi connectivity index (χ4v) is 3.65. The molecule has 0 saturated carbocycles. The number of piperidine rings is 1. The predicted molar refractivity (Wildman–Crippen MR) is 105 cm³/mol. The van der Waals surface area contributed by atoms with E-state index in [4.69, 9.17) is 28.2 Å². The third-order valence-electron chi connectivity index (χ3n) is 4.52. The van der Waals surface area contributed by atoms with Crippen molar-refractivity contribution in [2.24, 2.45) is 0 Å². The van der Waals surface area contributed by atoms with E-state index in [2.05, 4.69) is 15.2 Å². The molecule has 0 spiro atoms. The maximum atomic E-state index is 6.02. The number of nitrogens with one attached hydrogen (secondary N) is 1. The zero-order chi connectivity index (χ0) is 17.2. The number of nitrogens with zero attached hydrogens (tertiary/aromatic N) is 2. The first kappa shape index (κ1) is 16.4. The molecular formula is C19H18ClN3OS. The molecule has 128 valence electrons. The number of thiocarbonyl (C=S) groups is 1. The highest BCUT2D eigenvalue weighted by Gasteiger charge is 2.25. The number of hydrogen-bond acceptors (Lipinski definition) is 3. The summed E-state index contributed by atoms with van der Waals surface area (Å²) in [5.41, 5.74) is 2.70. The Morgan fingerprint density at radius 1 is 1.16 bits per heavy atom. The van der Waals surface area contributed by atoms with Crippen molar-refractivity contribution in [3.63, 3.8) is 0 Å². The minimum Gasteiger partial charge on any atom is -0.440 e. The van der Waals surface area contributed by atoms with Gasteiger partial charge in [-0.2, -0.15) is 0 Å². The Morgan fingerprint density at radius 2 is 1.96 bits per heavy atom. The number of oxazole rings is 1. The van der Waals surface area contributed by atoms with Gasteiger partial charge in [-0.25, -0.2) is 4.98 Å². The number of aromatic nitrogens is 1. The van der Waals surface area contributed by atoms with Gasteiger partial charge in [0.25, 0.3) is 0 Å². The molecule has 2 heterocycles. The lowest BCUT2D eigenvalue weighted by molar-refractivity contribution is 0.290. The zero-order valence-corrected chi connectivity index (χ0v) is 15.2. The molecule has 0 unspecified atom stereocenters. The van der Waals surface area contributed by atoms with Crippen LogP contribution in [-0.4, -0.2) is 28.1 Å². The predicted octanol–water partition coefficient (Wildman–Crippen LogP) is 5.06. The zero-order valence-electron chi connectivity index (χ0n) is 13.6. The summed E-state index contributed by atoms with van der Waals surface area (Å²) in [5.74, 6) is 1.19. The number of rotatable bonds is 2. The second kappa shape index (κ2) is 7.02. The molecule has 1 aliphatic heterocycles. The lowest BCUT2D eigenvalue weighted by atomic mass is 9.97. The molecule has 1 saturated heterocycles. The largest absolute Gasteiger partial charge is 0.440 e. The molecule has 4 nitrogen and oxygen atoms in total. The van der Waals surface area contributed by atoms with Gasteiger partial charge in [0.2, 0.25) is 0 Å². The summed E-state index contributed by atoms with van der Waals surface area (Å²) in [6.45, 7) is 1.77. The Balaban J connectivity index is 1.38. The topological polar surface area (TPSA) is 41.3 Å². The number of para-hydroxylation sites is 2. The molecule has 0 aliphatic carbocycles. The monoisotopic (exact) mass is 371 g/mol. The molecule has 1 fully saturated rings. The van der Waals surface area contributed by atoms with Crippen LogP contribution in [0.25, 0.3) is 11.1 Å². The normalized spacial score (nSPS) is 15.5. The van der Waals surface area contributed by atoms with Crippen molar-refractivity contribution in [3.8, 4) is 0 Å². The number of likely N-dealkylation sites (tertiary alicyclic amines) is 1. The second-order valence-corrected chi connectivity index (χ2v) is 7.04. The summed E-state index contributed by atoms with van der Waals surface area (Å²) in [6, 6.07) is 15.5. The number of anilines is 1. The molecule has 1 aromatic heterocycles. The van der Waals surface area contributed by atoms with Crippen LogP contribution in [0.1, 0.15) is 24.7 Å². The van der Waals surface area contributed by atoms with Crippen molar-refractivity contribution in [1.29, 1.82) is 0 Å². The summed E-state index contributed by atoms with van der Waals surface area (Å²) in [7, 11) is 0. The molecule has 3 aromatic rings. The van der Waals surface area contributed by atoms with E-state index in [1.54, 1.807) is 0 Å². The SMILES string of the molecule is S=C(Nc1cccc(Cl)c1)N1CCC(c2nc3ccccc3o2)CC1. The van der Waals surface area contributed by atoms with Gasteiger partial charge < -0.3 is 14.6 Å². The van der Waals surface area contributed by atoms with Crippen molar-refractivity contribution in [2.75, 3.05) is 18.4 Å².